The van der Waals surface area contributed by atoms with Crippen LogP contribution in [0.25, 0.3) is 0 Å². The maximum absolute atomic E-state index is 5.33. The first-order valence-electron chi connectivity index (χ1n) is 3.07. The van der Waals surface area contributed by atoms with E-state index in [9.17, 15) is 0 Å². The highest BCUT2D eigenvalue weighted by molar-refractivity contribution is 8.27. The van der Waals surface area contributed by atoms with E-state index in [-0.39, 0.29) is 0 Å². The zero-order valence-electron chi connectivity index (χ0n) is 5.85. The zero-order chi connectivity index (χ0) is 6.74. The molecule has 0 aromatic carbocycles. The van der Waals surface area contributed by atoms with Gasteiger partial charge in [-0.2, -0.15) is 0 Å². The third kappa shape index (κ3) is 1.49. The summed E-state index contributed by atoms with van der Waals surface area (Å²) in [5.41, 5.74) is 0. The van der Waals surface area contributed by atoms with Gasteiger partial charge in [-0.25, -0.2) is 0 Å². The van der Waals surface area contributed by atoms with Crippen molar-refractivity contribution in [2.75, 3.05) is 20.0 Å². The van der Waals surface area contributed by atoms with Gasteiger partial charge in [-0.3, -0.25) is 0 Å². The lowest BCUT2D eigenvalue weighted by molar-refractivity contribution is 0.270. The van der Waals surface area contributed by atoms with Gasteiger partial charge in [0.1, 0.15) is 0 Å². The van der Waals surface area contributed by atoms with E-state index < -0.39 is 7.71 Å². The third-order valence-corrected chi connectivity index (χ3v) is 8.26. The van der Waals surface area contributed by atoms with Crippen molar-refractivity contribution in [2.45, 2.75) is 12.5 Å². The monoisotopic (exact) mass is 164 g/mol. The smallest absolute Gasteiger partial charge is 0.390 e. The summed E-state index contributed by atoms with van der Waals surface area (Å²) in [4.78, 5) is 0. The summed E-state index contributed by atoms with van der Waals surface area (Å²) in [5, 5.41) is 0. The summed E-state index contributed by atoms with van der Waals surface area (Å²) in [6, 6.07) is 1.16. The predicted octanol–water partition coefficient (Wildman–Crippen LogP) is 1.35. The van der Waals surface area contributed by atoms with Gasteiger partial charge in [-0.05, 0) is 12.2 Å². The van der Waals surface area contributed by atoms with Crippen LogP contribution < -0.4 is 0 Å². The van der Waals surface area contributed by atoms with Crippen LogP contribution in [0.1, 0.15) is 6.42 Å². The lowest BCUT2D eigenvalue weighted by Gasteiger charge is -2.19. The summed E-state index contributed by atoms with van der Waals surface area (Å²) < 4.78 is 10.7. The van der Waals surface area contributed by atoms with Crippen molar-refractivity contribution in [3.05, 3.63) is 0 Å². The molecule has 0 bridgehead atoms. The highest BCUT2D eigenvalue weighted by atomic mass is 32.4. The highest BCUT2D eigenvalue weighted by Crippen LogP contribution is 2.35. The van der Waals surface area contributed by atoms with Crippen LogP contribution >= 0.6 is 11.2 Å². The molecule has 54 valence electrons. The van der Waals surface area contributed by atoms with E-state index in [1.165, 1.54) is 12.2 Å². The Bertz CT molecular complexity index is 87.0. The second kappa shape index (κ2) is 3.05. The number of hydrogen-bond acceptors (Lipinski definition) is 3. The Balaban J connectivity index is 2.45. The van der Waals surface area contributed by atoms with E-state index in [0.29, 0.717) is 0 Å². The molecular weight excluding hydrogens is 152 g/mol. The summed E-state index contributed by atoms with van der Waals surface area (Å²) in [5.74, 6) is 1.22. The first-order chi connectivity index (χ1) is 4.33. The zero-order valence-corrected chi connectivity index (χ0v) is 7.66. The molecule has 0 atom stereocenters. The van der Waals surface area contributed by atoms with Crippen LogP contribution in [0, 0.1) is 0 Å². The molecule has 0 aromatic heterocycles. The van der Waals surface area contributed by atoms with Gasteiger partial charge >= 0.3 is 7.71 Å². The van der Waals surface area contributed by atoms with Gasteiger partial charge in [0.25, 0.3) is 0 Å². The molecule has 4 heteroatoms. The molecule has 0 radical (unpaired) electrons. The normalized spacial score (nSPS) is 24.7. The summed E-state index contributed by atoms with van der Waals surface area (Å²) in [6.45, 7) is 0. The van der Waals surface area contributed by atoms with Gasteiger partial charge < -0.3 is 8.85 Å². The minimum atomic E-state index is -1.66. The number of hydrogen-bond donors (Lipinski definition) is 0. The molecule has 0 aliphatic carbocycles. The lowest BCUT2D eigenvalue weighted by Crippen LogP contribution is -2.32. The topological polar surface area (TPSA) is 18.5 Å². The molecule has 0 unspecified atom stereocenters. The van der Waals surface area contributed by atoms with E-state index in [0.717, 1.165) is 6.04 Å². The van der Waals surface area contributed by atoms with Crippen LogP contribution in [0.15, 0.2) is 0 Å². The fourth-order valence-corrected chi connectivity index (χ4v) is 6.35. The van der Waals surface area contributed by atoms with Crippen molar-refractivity contribution in [1.82, 2.24) is 0 Å². The van der Waals surface area contributed by atoms with E-state index in [1.807, 2.05) is 11.2 Å². The van der Waals surface area contributed by atoms with Crippen LogP contribution in [0.5, 0.6) is 0 Å². The lowest BCUT2D eigenvalue weighted by atomic mass is 10.6. The van der Waals surface area contributed by atoms with E-state index >= 15 is 0 Å². The van der Waals surface area contributed by atoms with Gasteiger partial charge in [-0.1, -0.05) is 0 Å². The first-order valence-corrected chi connectivity index (χ1v) is 6.81. The van der Waals surface area contributed by atoms with Crippen LogP contribution in [0.4, 0.5) is 0 Å². The van der Waals surface area contributed by atoms with E-state index in [4.69, 9.17) is 8.85 Å². The van der Waals surface area contributed by atoms with Crippen LogP contribution in [0.2, 0.25) is 6.04 Å². The van der Waals surface area contributed by atoms with Gasteiger partial charge in [-0.15, -0.1) is 11.2 Å². The molecule has 9 heavy (non-hydrogen) atoms. The van der Waals surface area contributed by atoms with Gasteiger partial charge in [0, 0.05) is 20.3 Å². The highest BCUT2D eigenvalue weighted by Gasteiger charge is 2.40. The largest absolute Gasteiger partial charge is 0.405 e. The Kier molecular flexibility index (Phi) is 2.57. The van der Waals surface area contributed by atoms with Gasteiger partial charge in [0.15, 0.2) is 0 Å². The molecule has 0 amide bonds. The molecule has 1 aliphatic heterocycles. The first kappa shape index (κ1) is 7.59. The van der Waals surface area contributed by atoms with Crippen molar-refractivity contribution in [2.24, 2.45) is 0 Å². The average Bonchev–Trinajstić information content (AvgIpc) is 2.36. The molecule has 2 nitrogen and oxygen atoms in total. The van der Waals surface area contributed by atoms with Crippen molar-refractivity contribution in [3.63, 3.8) is 0 Å². The molecule has 1 saturated heterocycles. The van der Waals surface area contributed by atoms with Crippen molar-refractivity contribution in [3.8, 4) is 0 Å². The molecule has 1 heterocycles. The summed E-state index contributed by atoms with van der Waals surface area (Å²) in [7, 11) is 1.85. The Morgan fingerprint density at radius 3 is 2.22 bits per heavy atom. The Morgan fingerprint density at radius 2 is 2.00 bits per heavy atom. The molecule has 1 rings (SSSR count). The summed E-state index contributed by atoms with van der Waals surface area (Å²) in [6.07, 6.45) is 1.26. The second-order valence-electron chi connectivity index (χ2n) is 2.04. The fraction of sp³-hybridized carbons (Fsp3) is 1.00. The molecular formula is C5H12O2SSi. The maximum atomic E-state index is 5.33. The average molecular weight is 164 g/mol. The van der Waals surface area contributed by atoms with E-state index in [1.54, 1.807) is 14.2 Å². The molecule has 0 saturated carbocycles. The van der Waals surface area contributed by atoms with E-state index in [2.05, 4.69) is 0 Å². The summed E-state index contributed by atoms with van der Waals surface area (Å²) >= 11 is 1.88. The van der Waals surface area contributed by atoms with Crippen molar-refractivity contribution in [1.29, 1.82) is 0 Å². The predicted molar refractivity (Wildman–Crippen MR) is 41.7 cm³/mol. The maximum Gasteiger partial charge on any atom is 0.405 e. The molecule has 0 aromatic rings. The fourth-order valence-electron chi connectivity index (χ4n) is 0.994. The Morgan fingerprint density at radius 1 is 1.33 bits per heavy atom. The standard InChI is InChI=1S/C5H12O2SSi/c1-6-9(7-2)5-3-4-8-9/h3-5H2,1-2H3. The van der Waals surface area contributed by atoms with Crippen LogP contribution in [0.3, 0.4) is 0 Å². The molecule has 1 aliphatic rings. The SMILES string of the molecule is CO[Si]1(OC)CCCS1. The van der Waals surface area contributed by atoms with Crippen molar-refractivity contribution >= 4 is 18.9 Å². The minimum absolute atomic E-state index is 1.16. The Hall–Kier alpha value is 0.487. The van der Waals surface area contributed by atoms with Crippen molar-refractivity contribution < 1.29 is 8.85 Å². The molecule has 0 spiro atoms. The van der Waals surface area contributed by atoms with Crippen LogP contribution in [-0.2, 0) is 8.85 Å². The minimum Gasteiger partial charge on any atom is -0.390 e. The number of rotatable bonds is 2. The Labute approximate surface area is 60.8 Å². The van der Waals surface area contributed by atoms with Gasteiger partial charge in [0.2, 0.25) is 0 Å². The van der Waals surface area contributed by atoms with Crippen LogP contribution in [-0.4, -0.2) is 27.7 Å². The molecule has 1 fully saturated rings. The van der Waals surface area contributed by atoms with Gasteiger partial charge in [0.05, 0.1) is 0 Å². The quantitative estimate of drug-likeness (QED) is 0.574. The molecule has 0 N–H and O–H groups in total. The second-order valence-corrected chi connectivity index (χ2v) is 8.15. The third-order valence-electron chi connectivity index (χ3n) is 1.57.